The third-order valence-corrected chi connectivity index (χ3v) is 7.07. The second-order valence-corrected chi connectivity index (χ2v) is 8.82. The lowest BCUT2D eigenvalue weighted by molar-refractivity contribution is 0.148. The highest BCUT2D eigenvalue weighted by molar-refractivity contribution is 7.89. The lowest BCUT2D eigenvalue weighted by atomic mass is 10.0. The van der Waals surface area contributed by atoms with Crippen LogP contribution in [0.2, 0.25) is 0 Å². The van der Waals surface area contributed by atoms with Crippen LogP contribution in [-0.4, -0.2) is 51.4 Å². The van der Waals surface area contributed by atoms with E-state index in [1.165, 1.54) is 0 Å². The fourth-order valence-electron chi connectivity index (χ4n) is 3.30. The van der Waals surface area contributed by atoms with Crippen molar-refractivity contribution in [3.63, 3.8) is 0 Å². The highest BCUT2D eigenvalue weighted by Gasteiger charge is 2.33. The molecular weight excluding hydrogens is 348 g/mol. The zero-order valence-electron chi connectivity index (χ0n) is 15.8. The summed E-state index contributed by atoms with van der Waals surface area (Å²) >= 11 is 0. The van der Waals surface area contributed by atoms with Crippen LogP contribution in [0, 0.1) is 13.8 Å². The summed E-state index contributed by atoms with van der Waals surface area (Å²) < 4.78 is 33.2. The maximum Gasteiger partial charge on any atom is 0.243 e. The van der Waals surface area contributed by atoms with Gasteiger partial charge in [0.05, 0.1) is 12.0 Å². The summed E-state index contributed by atoms with van der Waals surface area (Å²) in [6.07, 6.45) is 0. The number of piperazine rings is 1. The van der Waals surface area contributed by atoms with E-state index >= 15 is 0 Å². The molecule has 1 unspecified atom stereocenters. The van der Waals surface area contributed by atoms with Gasteiger partial charge in [-0.1, -0.05) is 18.2 Å². The van der Waals surface area contributed by atoms with Crippen molar-refractivity contribution in [2.24, 2.45) is 0 Å². The molecule has 0 saturated carbocycles. The molecule has 2 aromatic rings. The van der Waals surface area contributed by atoms with E-state index in [4.69, 9.17) is 4.74 Å². The van der Waals surface area contributed by atoms with E-state index < -0.39 is 10.0 Å². The molecule has 2 aromatic carbocycles. The summed E-state index contributed by atoms with van der Waals surface area (Å²) in [7, 11) is 0.165. The molecular formula is C20H26N2O3S. The van der Waals surface area contributed by atoms with Gasteiger partial charge in [0, 0.05) is 25.7 Å². The van der Waals surface area contributed by atoms with Crippen molar-refractivity contribution < 1.29 is 13.2 Å². The number of aryl methyl sites for hydroxylation is 2. The van der Waals surface area contributed by atoms with Gasteiger partial charge in [0.2, 0.25) is 10.0 Å². The molecule has 1 aliphatic heterocycles. The number of ether oxygens (including phenoxy) is 1. The van der Waals surface area contributed by atoms with Crippen LogP contribution in [0.3, 0.4) is 0 Å². The van der Waals surface area contributed by atoms with Gasteiger partial charge in [0.1, 0.15) is 5.75 Å². The maximum absolute atomic E-state index is 13.1. The summed E-state index contributed by atoms with van der Waals surface area (Å²) in [4.78, 5) is 2.57. The minimum Gasteiger partial charge on any atom is -0.497 e. The molecule has 0 radical (unpaired) electrons. The molecule has 1 aliphatic rings. The Bertz CT molecular complexity index is 896. The van der Waals surface area contributed by atoms with Crippen molar-refractivity contribution in [2.75, 3.05) is 33.8 Å². The van der Waals surface area contributed by atoms with E-state index in [9.17, 15) is 8.42 Å². The van der Waals surface area contributed by atoms with Gasteiger partial charge < -0.3 is 4.74 Å². The predicted molar refractivity (Wildman–Crippen MR) is 103 cm³/mol. The molecule has 26 heavy (non-hydrogen) atoms. The summed E-state index contributed by atoms with van der Waals surface area (Å²) in [5.74, 6) is 0.782. The Morgan fingerprint density at radius 3 is 2.50 bits per heavy atom. The lowest BCUT2D eigenvalue weighted by Gasteiger charge is -2.39. The van der Waals surface area contributed by atoms with Crippen LogP contribution in [0.15, 0.2) is 47.4 Å². The Morgan fingerprint density at radius 1 is 1.04 bits per heavy atom. The molecule has 0 aliphatic carbocycles. The highest BCUT2D eigenvalue weighted by atomic mass is 32.2. The molecule has 6 heteroatoms. The molecule has 5 nitrogen and oxygen atoms in total. The Morgan fingerprint density at radius 2 is 1.81 bits per heavy atom. The van der Waals surface area contributed by atoms with E-state index in [0.29, 0.717) is 24.5 Å². The molecule has 0 spiro atoms. The van der Waals surface area contributed by atoms with Crippen LogP contribution in [0.25, 0.3) is 0 Å². The molecule has 0 aromatic heterocycles. The van der Waals surface area contributed by atoms with Gasteiger partial charge in [-0.25, -0.2) is 8.42 Å². The number of sulfonamides is 1. The van der Waals surface area contributed by atoms with Crippen LogP contribution in [-0.2, 0) is 10.0 Å². The average molecular weight is 375 g/mol. The summed E-state index contributed by atoms with van der Waals surface area (Å²) in [6, 6.07) is 13.2. The molecule has 3 rings (SSSR count). The standard InChI is InChI=1S/C20H26N2O3S/c1-15-8-9-19(12-16(15)2)26(23,24)22-11-10-21(3)20(14-22)17-6-5-7-18(13-17)25-4/h5-9,12-13,20H,10-11,14H2,1-4H3. The molecule has 1 atom stereocenters. The molecule has 1 heterocycles. The first-order chi connectivity index (χ1) is 12.3. The molecule has 0 bridgehead atoms. The van der Waals surface area contributed by atoms with E-state index in [0.717, 1.165) is 22.4 Å². The van der Waals surface area contributed by atoms with Crippen molar-refractivity contribution >= 4 is 10.0 Å². The number of hydrogen-bond donors (Lipinski definition) is 0. The first kappa shape index (κ1) is 18.9. The van der Waals surface area contributed by atoms with E-state index in [1.54, 1.807) is 23.5 Å². The van der Waals surface area contributed by atoms with Crippen LogP contribution in [0.5, 0.6) is 5.75 Å². The number of benzene rings is 2. The summed E-state index contributed by atoms with van der Waals surface area (Å²) in [5.41, 5.74) is 3.15. The quantitative estimate of drug-likeness (QED) is 0.826. The summed E-state index contributed by atoms with van der Waals surface area (Å²) in [6.45, 7) is 5.54. The second kappa shape index (κ2) is 7.39. The Balaban J connectivity index is 1.90. The number of hydrogen-bond acceptors (Lipinski definition) is 4. The zero-order chi connectivity index (χ0) is 18.9. The van der Waals surface area contributed by atoms with Crippen molar-refractivity contribution in [2.45, 2.75) is 24.8 Å². The van der Waals surface area contributed by atoms with E-state index in [-0.39, 0.29) is 6.04 Å². The monoisotopic (exact) mass is 374 g/mol. The van der Waals surface area contributed by atoms with Gasteiger partial charge in [-0.05, 0) is 61.9 Å². The van der Waals surface area contributed by atoms with Gasteiger partial charge in [0.15, 0.2) is 0 Å². The maximum atomic E-state index is 13.1. The topological polar surface area (TPSA) is 49.9 Å². The van der Waals surface area contributed by atoms with Crippen LogP contribution in [0.4, 0.5) is 0 Å². The third kappa shape index (κ3) is 3.63. The van der Waals surface area contributed by atoms with Crippen molar-refractivity contribution in [3.05, 3.63) is 59.2 Å². The Labute approximate surface area is 156 Å². The SMILES string of the molecule is COc1cccc(C2CN(S(=O)(=O)c3ccc(C)c(C)c3)CCN2C)c1. The predicted octanol–water partition coefficient (Wildman–Crippen LogP) is 2.99. The fraction of sp³-hybridized carbons (Fsp3) is 0.400. The zero-order valence-corrected chi connectivity index (χ0v) is 16.6. The minimum atomic E-state index is -3.51. The Kier molecular flexibility index (Phi) is 5.37. The molecule has 0 amide bonds. The third-order valence-electron chi connectivity index (χ3n) is 5.21. The molecule has 1 fully saturated rings. The second-order valence-electron chi connectivity index (χ2n) is 6.88. The number of likely N-dealkylation sites (N-methyl/N-ethyl adjacent to an activating group) is 1. The molecule has 140 valence electrons. The normalized spacial score (nSPS) is 19.5. The smallest absolute Gasteiger partial charge is 0.243 e. The number of nitrogens with zero attached hydrogens (tertiary/aromatic N) is 2. The first-order valence-electron chi connectivity index (χ1n) is 8.74. The van der Waals surface area contributed by atoms with Gasteiger partial charge in [-0.15, -0.1) is 0 Å². The van der Waals surface area contributed by atoms with Gasteiger partial charge in [-0.2, -0.15) is 4.31 Å². The minimum absolute atomic E-state index is 0.000158. The number of methoxy groups -OCH3 is 1. The Hall–Kier alpha value is -1.89. The first-order valence-corrected chi connectivity index (χ1v) is 10.2. The average Bonchev–Trinajstić information content (AvgIpc) is 2.64. The van der Waals surface area contributed by atoms with Crippen molar-refractivity contribution in [1.82, 2.24) is 9.21 Å². The van der Waals surface area contributed by atoms with E-state index in [2.05, 4.69) is 4.90 Å². The van der Waals surface area contributed by atoms with Crippen LogP contribution in [0.1, 0.15) is 22.7 Å². The fourth-order valence-corrected chi connectivity index (χ4v) is 4.82. The highest BCUT2D eigenvalue weighted by Crippen LogP contribution is 2.30. The van der Waals surface area contributed by atoms with E-state index in [1.807, 2.05) is 51.2 Å². The largest absolute Gasteiger partial charge is 0.497 e. The van der Waals surface area contributed by atoms with Gasteiger partial charge >= 0.3 is 0 Å². The van der Waals surface area contributed by atoms with Gasteiger partial charge in [-0.3, -0.25) is 4.90 Å². The van der Waals surface area contributed by atoms with Crippen molar-refractivity contribution in [3.8, 4) is 5.75 Å². The number of rotatable bonds is 4. The summed E-state index contributed by atoms with van der Waals surface area (Å²) in [5, 5.41) is 0. The van der Waals surface area contributed by atoms with Crippen LogP contribution < -0.4 is 4.74 Å². The van der Waals surface area contributed by atoms with Gasteiger partial charge in [0.25, 0.3) is 0 Å². The van der Waals surface area contributed by atoms with Crippen molar-refractivity contribution in [1.29, 1.82) is 0 Å². The molecule has 1 saturated heterocycles. The lowest BCUT2D eigenvalue weighted by Crippen LogP contribution is -2.48. The molecule has 0 N–H and O–H groups in total. The van der Waals surface area contributed by atoms with Crippen LogP contribution >= 0.6 is 0 Å².